The molecule has 0 spiro atoms. The molecular formula is C28H22O4P2Se4. The van der Waals surface area contributed by atoms with Gasteiger partial charge in [0.2, 0.25) is 0 Å². The van der Waals surface area contributed by atoms with Gasteiger partial charge in [-0.1, -0.05) is 0 Å². The number of ether oxygens (including phenoxy) is 4. The van der Waals surface area contributed by atoms with E-state index in [-0.39, 0.29) is 29.0 Å². The van der Waals surface area contributed by atoms with Crippen molar-refractivity contribution in [3.05, 3.63) is 108 Å². The molecule has 0 aliphatic carbocycles. The molecule has 4 aromatic carbocycles. The molecular weight excluding hydrogens is 778 g/mol. The van der Waals surface area contributed by atoms with Gasteiger partial charge in [0.1, 0.15) is 0 Å². The van der Waals surface area contributed by atoms with Gasteiger partial charge in [0.25, 0.3) is 0 Å². The molecule has 0 amide bonds. The van der Waals surface area contributed by atoms with E-state index in [1.807, 2.05) is 0 Å². The number of hydrogen-bond acceptors (Lipinski definition) is 4. The summed E-state index contributed by atoms with van der Waals surface area (Å²) in [6.07, 6.45) is 0. The zero-order valence-electron chi connectivity index (χ0n) is 20.0. The molecule has 10 heteroatoms. The summed E-state index contributed by atoms with van der Waals surface area (Å²) in [4.78, 5) is 0. The SMILES string of the molecule is [Se]=[P@@]1(c2ccccc2)[Se][C@H](c2ccc3c(c2)OCO3)[P@@](=[Se])(c2ccccc2)[Se][C@H]1c1ccc2c(c1)OCO2. The van der Waals surface area contributed by atoms with Crippen LogP contribution in [-0.2, 0) is 0 Å². The number of rotatable bonds is 4. The van der Waals surface area contributed by atoms with E-state index in [1.54, 1.807) is 0 Å². The molecule has 4 nitrogen and oxygen atoms in total. The zero-order chi connectivity index (χ0) is 25.7. The summed E-state index contributed by atoms with van der Waals surface area (Å²) in [6.45, 7) is 0.592. The topological polar surface area (TPSA) is 36.9 Å². The standard InChI is InChI=1S/C28H22O4P2Se4/c35-33(21-7-3-1-4-8-21)27(19-11-13-23-25(15-19)31-17-29-23)38-34(36,22-9-5-2-6-10-22)28(37-33)20-12-14-24-26(16-20)32-18-30-24/h1-16,27-28H,17-18H2/t27-,28+,33-,34+. The molecule has 7 rings (SSSR count). The average Bonchev–Trinajstić information content (AvgIpc) is 3.64. The van der Waals surface area contributed by atoms with Gasteiger partial charge in [-0.2, -0.15) is 0 Å². The number of benzene rings is 4. The third-order valence-corrected chi connectivity index (χ3v) is 50.5. The van der Waals surface area contributed by atoms with Crippen LogP contribution in [0, 0.1) is 0 Å². The second kappa shape index (κ2) is 10.4. The van der Waals surface area contributed by atoms with E-state index in [2.05, 4.69) is 127 Å². The molecule has 0 bridgehead atoms. The predicted molar refractivity (Wildman–Crippen MR) is 160 cm³/mol. The molecule has 3 aliphatic rings. The molecule has 0 unspecified atom stereocenters. The van der Waals surface area contributed by atoms with Gasteiger partial charge in [0.15, 0.2) is 0 Å². The van der Waals surface area contributed by atoms with Crippen molar-refractivity contribution in [1.82, 2.24) is 0 Å². The van der Waals surface area contributed by atoms with Crippen LogP contribution in [0.4, 0.5) is 0 Å². The Bertz CT molecular complexity index is 1500. The van der Waals surface area contributed by atoms with Gasteiger partial charge in [-0.15, -0.1) is 0 Å². The van der Waals surface area contributed by atoms with Crippen molar-refractivity contribution < 1.29 is 18.9 Å². The average molecular weight is 800 g/mol. The van der Waals surface area contributed by atoms with Crippen molar-refractivity contribution in [2.24, 2.45) is 0 Å². The number of fused-ring (bicyclic) bond motifs is 2. The summed E-state index contributed by atoms with van der Waals surface area (Å²) < 4.78 is 20.5. The Hall–Kier alpha value is -0.982. The van der Waals surface area contributed by atoms with Crippen LogP contribution >= 0.6 is 8.40 Å². The van der Waals surface area contributed by atoms with Gasteiger partial charge in [-0.25, -0.2) is 0 Å². The number of hydrogen-bond donors (Lipinski definition) is 0. The van der Waals surface area contributed by atoms with Gasteiger partial charge in [0, 0.05) is 0 Å². The zero-order valence-corrected chi connectivity index (χ0v) is 28.6. The summed E-state index contributed by atoms with van der Waals surface area (Å²) in [6, 6.07) is 35.6. The monoisotopic (exact) mass is 804 g/mol. The second-order valence-electron chi connectivity index (χ2n) is 9.01. The molecule has 192 valence electrons. The fourth-order valence-electron chi connectivity index (χ4n) is 4.84. The summed E-state index contributed by atoms with van der Waals surface area (Å²) in [5, 5.41) is 2.93. The van der Waals surface area contributed by atoms with Crippen molar-refractivity contribution in [3.8, 4) is 23.0 Å². The van der Waals surface area contributed by atoms with E-state index in [1.165, 1.54) is 21.7 Å². The molecule has 0 saturated carbocycles. The van der Waals surface area contributed by atoms with Gasteiger partial charge in [-0.05, 0) is 0 Å². The maximum atomic E-state index is 5.84. The maximum absolute atomic E-state index is 5.84. The van der Waals surface area contributed by atoms with Crippen LogP contribution in [0.15, 0.2) is 97.1 Å². The molecule has 0 radical (unpaired) electrons. The molecule has 3 aliphatic heterocycles. The van der Waals surface area contributed by atoms with E-state index < -0.39 is 8.40 Å². The third-order valence-electron chi connectivity index (χ3n) is 6.73. The first-order valence-corrected chi connectivity index (χ1v) is 26.6. The minimum absolute atomic E-state index is 0.276. The summed E-state index contributed by atoms with van der Waals surface area (Å²) in [5.41, 5.74) is 2.73. The first-order valence-electron chi connectivity index (χ1n) is 12.0. The normalized spacial score (nSPS) is 27.3. The van der Waals surface area contributed by atoms with Crippen LogP contribution < -0.4 is 29.6 Å². The Kier molecular flexibility index (Phi) is 7.14. The quantitative estimate of drug-likeness (QED) is 0.217. The van der Waals surface area contributed by atoms with Crippen molar-refractivity contribution >= 4 is 78.2 Å². The Labute approximate surface area is 249 Å². The van der Waals surface area contributed by atoms with Gasteiger partial charge in [0.05, 0.1) is 0 Å². The third kappa shape index (κ3) is 4.49. The van der Waals surface area contributed by atoms with Crippen molar-refractivity contribution in [2.75, 3.05) is 13.6 Å². The Morgan fingerprint density at radius 1 is 0.526 bits per heavy atom. The van der Waals surface area contributed by atoms with Crippen LogP contribution in [0.3, 0.4) is 0 Å². The van der Waals surface area contributed by atoms with Gasteiger partial charge in [-0.3, -0.25) is 0 Å². The van der Waals surface area contributed by atoms with Gasteiger partial charge >= 0.3 is 251 Å². The first kappa shape index (κ1) is 26.0. The molecule has 0 aromatic heterocycles. The van der Waals surface area contributed by atoms with Crippen LogP contribution in [0.5, 0.6) is 23.0 Å². The van der Waals surface area contributed by atoms with E-state index in [4.69, 9.17) is 18.9 Å². The van der Waals surface area contributed by atoms with E-state index in [0.29, 0.717) is 22.7 Å². The van der Waals surface area contributed by atoms with Crippen LogP contribution in [0.25, 0.3) is 0 Å². The van der Waals surface area contributed by atoms with Crippen LogP contribution in [-0.4, -0.2) is 72.8 Å². The van der Waals surface area contributed by atoms with Crippen LogP contribution in [0.1, 0.15) is 20.2 Å². The van der Waals surface area contributed by atoms with E-state index in [9.17, 15) is 0 Å². The summed E-state index contributed by atoms with van der Waals surface area (Å²) in [5.74, 6) is 3.42. The van der Waals surface area contributed by atoms with Crippen molar-refractivity contribution in [1.29, 1.82) is 0 Å². The molecule has 1 saturated heterocycles. The molecule has 3 heterocycles. The minimum atomic E-state index is -1.71. The van der Waals surface area contributed by atoms with Crippen molar-refractivity contribution in [2.45, 2.75) is 9.11 Å². The molecule has 0 N–H and O–H groups in total. The Morgan fingerprint density at radius 3 is 1.34 bits per heavy atom. The Balaban J connectivity index is 1.42. The predicted octanol–water partition coefficient (Wildman–Crippen LogP) is 4.95. The van der Waals surface area contributed by atoms with E-state index >= 15 is 0 Å². The molecule has 4 aromatic rings. The molecule has 4 atom stereocenters. The Morgan fingerprint density at radius 2 is 0.921 bits per heavy atom. The molecule has 1 fully saturated rings. The van der Waals surface area contributed by atoms with E-state index in [0.717, 1.165) is 23.0 Å². The molecule has 38 heavy (non-hydrogen) atoms. The summed E-state index contributed by atoms with van der Waals surface area (Å²) >= 11 is 8.34. The fourth-order valence-corrected chi connectivity index (χ4v) is 64.2. The first-order chi connectivity index (χ1) is 18.5. The van der Waals surface area contributed by atoms with Crippen LogP contribution in [0.2, 0.25) is 0 Å². The second-order valence-corrected chi connectivity index (χ2v) is 41.6. The van der Waals surface area contributed by atoms with Crippen molar-refractivity contribution in [3.63, 3.8) is 0 Å². The fraction of sp³-hybridized carbons (Fsp3) is 0.143. The van der Waals surface area contributed by atoms with Gasteiger partial charge < -0.3 is 0 Å². The summed E-state index contributed by atoms with van der Waals surface area (Å²) in [7, 11) is 0.